The Balaban J connectivity index is 0.00000134. The minimum Gasteiger partial charge on any atom is -0.487 e. The lowest BCUT2D eigenvalue weighted by molar-refractivity contribution is 0.0725. The summed E-state index contributed by atoms with van der Waals surface area (Å²) < 4.78 is 24.1. The first-order chi connectivity index (χ1) is 22.2. The number of aryl methyl sites for hydroxylation is 1. The van der Waals surface area contributed by atoms with Crippen molar-refractivity contribution in [1.29, 1.82) is 0 Å². The van der Waals surface area contributed by atoms with Crippen molar-refractivity contribution >= 4 is 27.8 Å². The number of rotatable bonds is 12. The number of imidazole rings is 1. The van der Waals surface area contributed by atoms with Crippen molar-refractivity contribution in [3.63, 3.8) is 0 Å². The van der Waals surface area contributed by atoms with Gasteiger partial charge in [0.2, 0.25) is 0 Å². The maximum absolute atomic E-state index is 13.3. The quantitative estimate of drug-likeness (QED) is 0.182. The average molecular weight is 629 g/mol. The van der Waals surface area contributed by atoms with Crippen LogP contribution >= 0.6 is 0 Å². The van der Waals surface area contributed by atoms with Crippen molar-refractivity contribution in [2.24, 2.45) is 18.7 Å². The van der Waals surface area contributed by atoms with Gasteiger partial charge in [0.25, 0.3) is 5.91 Å². The number of hydrogen-bond donors (Lipinski definition) is 1. The molecule has 2 atom stereocenters. The van der Waals surface area contributed by atoms with Crippen LogP contribution in [0.2, 0.25) is 0 Å². The number of benzene rings is 2. The minimum atomic E-state index is -0.671. The van der Waals surface area contributed by atoms with Crippen molar-refractivity contribution in [2.45, 2.75) is 72.1 Å². The Morgan fingerprint density at radius 3 is 2.67 bits per heavy atom. The van der Waals surface area contributed by atoms with Crippen molar-refractivity contribution in [2.75, 3.05) is 26.3 Å². The SMILES string of the molecule is C=CN(/C=C\C)CC(C)Oc1cccc2cc(-c3nc4cc5c(cc4n3C)CCN(C[C@H](N)CF)C5=O)n(CC3CC3)c12.CCC. The highest BCUT2D eigenvalue weighted by atomic mass is 19.1. The van der Waals surface area contributed by atoms with Gasteiger partial charge < -0.3 is 29.4 Å². The van der Waals surface area contributed by atoms with Gasteiger partial charge >= 0.3 is 0 Å². The molecule has 0 bridgehead atoms. The summed E-state index contributed by atoms with van der Waals surface area (Å²) in [7, 11) is 2.04. The molecule has 1 fully saturated rings. The van der Waals surface area contributed by atoms with E-state index in [4.69, 9.17) is 15.5 Å². The Hall–Kier alpha value is -4.11. The van der Waals surface area contributed by atoms with Crippen LogP contribution in [-0.4, -0.2) is 68.3 Å². The molecule has 4 aromatic rings. The van der Waals surface area contributed by atoms with Gasteiger partial charge in [-0.05, 0) is 81.3 Å². The second kappa shape index (κ2) is 14.5. The number of alkyl halides is 1. The molecule has 3 heterocycles. The fourth-order valence-corrected chi connectivity index (χ4v) is 6.21. The minimum absolute atomic E-state index is 0.0637. The summed E-state index contributed by atoms with van der Waals surface area (Å²) in [5.41, 5.74) is 11.3. The standard InChI is InChI=1S/C34H41FN6O2.C3H8/c1-5-13-39(6-2)19-22(3)43-31-9-7-8-25-16-30(41(32(25)31)20-23-10-11-23)33-37-28-17-27-24(15-29(28)38(33)4)12-14-40(34(27)42)21-26(36)18-35;1-3-2/h5-9,13,15-17,22-23,26H,2,10-12,14,18-21,36H2,1,3-4H3;3H2,1-2H3/b13-5-;/t22?,26-;/m1./s1. The number of carbonyl (C=O) groups is 1. The first kappa shape index (κ1) is 33.3. The predicted molar refractivity (Wildman–Crippen MR) is 186 cm³/mol. The lowest BCUT2D eigenvalue weighted by atomic mass is 9.97. The number of carbonyl (C=O) groups excluding carboxylic acids is 1. The zero-order valence-corrected chi connectivity index (χ0v) is 28.0. The molecular weight excluding hydrogens is 579 g/mol. The summed E-state index contributed by atoms with van der Waals surface area (Å²) in [5.74, 6) is 2.23. The molecule has 1 aliphatic heterocycles. The van der Waals surface area contributed by atoms with Crippen LogP contribution in [-0.2, 0) is 20.0 Å². The monoisotopic (exact) mass is 628 g/mol. The van der Waals surface area contributed by atoms with Gasteiger partial charge in [-0.25, -0.2) is 9.37 Å². The third kappa shape index (κ3) is 6.99. The van der Waals surface area contributed by atoms with Crippen LogP contribution < -0.4 is 10.5 Å². The van der Waals surface area contributed by atoms with E-state index < -0.39 is 12.7 Å². The Morgan fingerprint density at radius 1 is 1.24 bits per heavy atom. The van der Waals surface area contributed by atoms with Gasteiger partial charge in [0, 0.05) is 37.6 Å². The number of ether oxygens (including phenoxy) is 1. The molecule has 2 N–H and O–H groups in total. The van der Waals surface area contributed by atoms with Crippen molar-refractivity contribution in [3.05, 3.63) is 72.6 Å². The van der Waals surface area contributed by atoms with Crippen LogP contribution in [0.4, 0.5) is 4.39 Å². The highest BCUT2D eigenvalue weighted by Gasteiger charge is 2.29. The number of hydrogen-bond acceptors (Lipinski definition) is 5. The summed E-state index contributed by atoms with van der Waals surface area (Å²) in [5, 5.41) is 1.11. The Kier molecular flexibility index (Phi) is 10.5. The molecule has 1 unspecified atom stereocenters. The van der Waals surface area contributed by atoms with Gasteiger partial charge in [0.05, 0.1) is 34.8 Å². The summed E-state index contributed by atoms with van der Waals surface area (Å²) in [6, 6.07) is 11.7. The third-order valence-electron chi connectivity index (χ3n) is 8.55. The molecular formula is C37H49FN6O2. The molecule has 6 rings (SSSR count). The van der Waals surface area contributed by atoms with E-state index in [2.05, 4.69) is 60.7 Å². The van der Waals surface area contributed by atoms with E-state index in [0.717, 1.165) is 51.3 Å². The summed E-state index contributed by atoms with van der Waals surface area (Å²) >= 11 is 0. The third-order valence-corrected chi connectivity index (χ3v) is 8.55. The molecule has 2 aromatic carbocycles. The molecule has 1 amide bonds. The topological polar surface area (TPSA) is 81.6 Å². The highest BCUT2D eigenvalue weighted by Crippen LogP contribution is 2.39. The summed E-state index contributed by atoms with van der Waals surface area (Å²) in [6.07, 6.45) is 10.1. The summed E-state index contributed by atoms with van der Waals surface area (Å²) in [4.78, 5) is 22.1. The Bertz CT molecular complexity index is 1720. The second-order valence-electron chi connectivity index (χ2n) is 12.7. The highest BCUT2D eigenvalue weighted by molar-refractivity contribution is 6.01. The molecule has 46 heavy (non-hydrogen) atoms. The van der Waals surface area contributed by atoms with E-state index in [1.54, 1.807) is 4.90 Å². The van der Waals surface area contributed by atoms with Gasteiger partial charge in [-0.1, -0.05) is 45.1 Å². The normalized spacial score (nSPS) is 16.0. The second-order valence-corrected chi connectivity index (χ2v) is 12.7. The zero-order valence-electron chi connectivity index (χ0n) is 28.0. The molecule has 246 valence electrons. The molecule has 0 saturated heterocycles. The first-order valence-electron chi connectivity index (χ1n) is 16.6. The predicted octanol–water partition coefficient (Wildman–Crippen LogP) is 7.06. The van der Waals surface area contributed by atoms with E-state index in [-0.39, 0.29) is 18.6 Å². The number of amides is 1. The van der Waals surface area contributed by atoms with Crippen LogP contribution in [0.15, 0.2) is 61.5 Å². The van der Waals surface area contributed by atoms with Crippen LogP contribution in [0, 0.1) is 5.92 Å². The van der Waals surface area contributed by atoms with Gasteiger partial charge in [-0.15, -0.1) is 0 Å². The number of nitrogens with two attached hydrogens (primary N) is 1. The maximum atomic E-state index is 13.3. The molecule has 2 aliphatic rings. The van der Waals surface area contributed by atoms with Gasteiger partial charge in [-0.2, -0.15) is 0 Å². The molecule has 0 spiro atoms. The van der Waals surface area contributed by atoms with Crippen molar-refractivity contribution in [3.8, 4) is 17.3 Å². The van der Waals surface area contributed by atoms with E-state index in [9.17, 15) is 9.18 Å². The number of aromatic nitrogens is 3. The number of nitrogens with zero attached hydrogens (tertiary/aromatic N) is 5. The van der Waals surface area contributed by atoms with Crippen molar-refractivity contribution in [1.82, 2.24) is 23.9 Å². The summed E-state index contributed by atoms with van der Waals surface area (Å²) in [6.45, 7) is 13.9. The van der Waals surface area contributed by atoms with Gasteiger partial charge in [-0.3, -0.25) is 4.79 Å². The number of fused-ring (bicyclic) bond motifs is 3. The molecule has 1 saturated carbocycles. The lowest BCUT2D eigenvalue weighted by Gasteiger charge is -2.30. The van der Waals surface area contributed by atoms with E-state index >= 15 is 0 Å². The van der Waals surface area contributed by atoms with Gasteiger partial charge in [0.1, 0.15) is 18.5 Å². The first-order valence-corrected chi connectivity index (χ1v) is 16.6. The smallest absolute Gasteiger partial charge is 0.254 e. The lowest BCUT2D eigenvalue weighted by Crippen LogP contribution is -2.45. The van der Waals surface area contributed by atoms with Crippen LogP contribution in [0.5, 0.6) is 5.75 Å². The molecule has 8 nitrogen and oxygen atoms in total. The average Bonchev–Trinajstić information content (AvgIpc) is 3.71. The van der Waals surface area contributed by atoms with E-state index in [0.29, 0.717) is 31.0 Å². The Morgan fingerprint density at radius 2 is 2.00 bits per heavy atom. The number of para-hydroxylation sites is 1. The number of halogens is 1. The zero-order chi connectivity index (χ0) is 33.0. The Labute approximate surface area is 272 Å². The van der Waals surface area contributed by atoms with E-state index in [1.165, 1.54) is 19.3 Å². The molecule has 1 aliphatic carbocycles. The van der Waals surface area contributed by atoms with Gasteiger partial charge in [0.15, 0.2) is 5.82 Å². The molecule has 0 radical (unpaired) electrons. The number of allylic oxidation sites excluding steroid dienone is 1. The van der Waals surface area contributed by atoms with Crippen molar-refractivity contribution < 1.29 is 13.9 Å². The maximum Gasteiger partial charge on any atom is 0.254 e. The van der Waals surface area contributed by atoms with Crippen LogP contribution in [0.1, 0.15) is 62.9 Å². The van der Waals surface area contributed by atoms with Crippen LogP contribution in [0.3, 0.4) is 0 Å². The van der Waals surface area contributed by atoms with Crippen LogP contribution in [0.25, 0.3) is 33.5 Å². The molecule has 9 heteroatoms. The largest absolute Gasteiger partial charge is 0.487 e. The fourth-order valence-electron chi connectivity index (χ4n) is 6.21. The fraction of sp³-hybridized carbons (Fsp3) is 0.459. The molecule has 2 aromatic heterocycles. The van der Waals surface area contributed by atoms with E-state index in [1.807, 2.05) is 49.5 Å².